The number of likely N-dealkylation sites (N-methyl/N-ethyl adjacent to an activating group) is 1. The molecular weight excluding hydrogens is 794 g/mol. The number of sulfonamides is 1. The fourth-order valence-corrected chi connectivity index (χ4v) is 8.89. The van der Waals surface area contributed by atoms with Crippen LogP contribution in [0.5, 0.6) is 0 Å². The number of benzene rings is 1. The Morgan fingerprint density at radius 1 is 0.932 bits per heavy atom. The molecule has 0 aromatic heterocycles. The zero-order valence-electron chi connectivity index (χ0n) is 36.1. The maximum atomic E-state index is 14.3. The highest BCUT2D eigenvalue weighted by molar-refractivity contribution is 7.90. The molecule has 3 rings (SSSR count). The van der Waals surface area contributed by atoms with Crippen molar-refractivity contribution in [1.82, 2.24) is 24.7 Å². The molecule has 6 atom stereocenters. The van der Waals surface area contributed by atoms with Crippen molar-refractivity contribution < 1.29 is 50.3 Å². The Bertz CT molecular complexity index is 1810. The van der Waals surface area contributed by atoms with Crippen LogP contribution in [0.4, 0.5) is 18.9 Å². The van der Waals surface area contributed by atoms with Crippen LogP contribution in [0, 0.1) is 17.3 Å². The van der Waals surface area contributed by atoms with Crippen LogP contribution in [-0.4, -0.2) is 122 Å². The maximum absolute atomic E-state index is 14.3. The van der Waals surface area contributed by atoms with E-state index in [4.69, 9.17) is 4.74 Å². The summed E-state index contributed by atoms with van der Waals surface area (Å²) in [4.78, 5) is 71.7. The molecule has 0 saturated carbocycles. The van der Waals surface area contributed by atoms with Gasteiger partial charge in [-0.25, -0.2) is 13.1 Å². The van der Waals surface area contributed by atoms with Gasteiger partial charge in [0.2, 0.25) is 23.6 Å². The van der Waals surface area contributed by atoms with Gasteiger partial charge in [0.05, 0.1) is 35.0 Å². The average Bonchev–Trinajstić information content (AvgIpc) is 3.63. The summed E-state index contributed by atoms with van der Waals surface area (Å²) in [7, 11) is -1.47. The number of piperidine rings is 1. The Balaban J connectivity index is 1.77. The number of amides is 5. The topological polar surface area (TPSA) is 175 Å². The molecule has 3 N–H and O–H groups in total. The van der Waals surface area contributed by atoms with Crippen LogP contribution in [0.2, 0.25) is 0 Å². The van der Waals surface area contributed by atoms with Gasteiger partial charge in [-0.3, -0.25) is 28.9 Å². The number of halogens is 3. The van der Waals surface area contributed by atoms with Gasteiger partial charge in [0.15, 0.2) is 0 Å². The second-order valence-electron chi connectivity index (χ2n) is 17.3. The molecule has 0 spiro atoms. The van der Waals surface area contributed by atoms with Gasteiger partial charge in [-0.05, 0) is 88.6 Å². The summed E-state index contributed by atoms with van der Waals surface area (Å²) < 4.78 is 71.7. The number of ether oxygens (including phenoxy) is 1. The number of likely N-dealkylation sites (tertiary alicyclic amines) is 2. The van der Waals surface area contributed by atoms with Crippen molar-refractivity contribution in [1.29, 1.82) is 0 Å². The van der Waals surface area contributed by atoms with Gasteiger partial charge in [0.1, 0.15) is 6.04 Å². The molecule has 2 saturated heterocycles. The monoisotopic (exact) mass is 856 g/mol. The van der Waals surface area contributed by atoms with Crippen molar-refractivity contribution in [2.24, 2.45) is 17.3 Å². The van der Waals surface area contributed by atoms with E-state index in [2.05, 4.69) is 24.1 Å². The molecule has 14 nitrogen and oxygen atoms in total. The van der Waals surface area contributed by atoms with E-state index in [1.54, 1.807) is 35.2 Å². The second kappa shape index (κ2) is 20.0. The fraction of sp³-hybridized carbons (Fsp3) is 0.683. The molecule has 0 radical (unpaired) electrons. The molecule has 0 unspecified atom stereocenters. The molecule has 59 heavy (non-hydrogen) atoms. The largest absolute Gasteiger partial charge is 0.471 e. The summed E-state index contributed by atoms with van der Waals surface area (Å²) in [5.74, 6) is -5.17. The van der Waals surface area contributed by atoms with E-state index in [1.165, 1.54) is 14.0 Å². The highest BCUT2D eigenvalue weighted by Gasteiger charge is 2.43. The number of rotatable bonds is 15. The summed E-state index contributed by atoms with van der Waals surface area (Å²) >= 11 is 0. The van der Waals surface area contributed by atoms with Crippen molar-refractivity contribution in [3.8, 4) is 0 Å². The third-order valence-electron chi connectivity index (χ3n) is 11.2. The summed E-state index contributed by atoms with van der Waals surface area (Å²) in [6, 6.07) is 1.66. The number of alkyl halides is 3. The third kappa shape index (κ3) is 12.5. The van der Waals surface area contributed by atoms with Gasteiger partial charge < -0.3 is 25.2 Å². The minimum absolute atomic E-state index is 0.126. The fourth-order valence-electron chi connectivity index (χ4n) is 7.83. The number of hydrogen-bond donors (Lipinski definition) is 3. The Morgan fingerprint density at radius 2 is 1.54 bits per heavy atom. The second-order valence-corrected chi connectivity index (χ2v) is 19.0. The first kappa shape index (κ1) is 49.3. The van der Waals surface area contributed by atoms with Gasteiger partial charge in [-0.15, -0.1) is 0 Å². The third-order valence-corrected chi connectivity index (χ3v) is 12.5. The number of carbonyl (C=O) groups is 5. The number of nitrogens with one attached hydrogen (secondary N) is 3. The minimum atomic E-state index is -5.14. The first-order valence-electron chi connectivity index (χ1n) is 20.1. The summed E-state index contributed by atoms with van der Waals surface area (Å²) in [5, 5.41) is 4.71. The molecule has 1 aromatic carbocycles. The van der Waals surface area contributed by atoms with Gasteiger partial charge in [-0.1, -0.05) is 54.0 Å². The van der Waals surface area contributed by atoms with E-state index < -0.39 is 68.5 Å². The maximum Gasteiger partial charge on any atom is 0.471 e. The van der Waals surface area contributed by atoms with Gasteiger partial charge in [-0.2, -0.15) is 13.2 Å². The Hall–Kier alpha value is -4.03. The molecule has 2 aliphatic heterocycles. The lowest BCUT2D eigenvalue weighted by molar-refractivity contribution is -0.167. The van der Waals surface area contributed by atoms with E-state index in [9.17, 15) is 45.6 Å². The zero-order chi connectivity index (χ0) is 44.8. The summed E-state index contributed by atoms with van der Waals surface area (Å²) in [6.07, 6.45) is -0.627. The van der Waals surface area contributed by atoms with Gasteiger partial charge in [0, 0.05) is 38.0 Å². The van der Waals surface area contributed by atoms with Crippen LogP contribution < -0.4 is 15.4 Å². The standard InChI is InChI=1S/C41H63F3N6O8S/c1-24(2)32(48(10)38(54)34(40(7,8)9)46-36(52)31-15-12-13-21-49(31)25(3)4)23-26(5)37(53)50-22-14-16-30(50)33(58-11)27(6)35(51)47-59(56,57)29-19-17-28(18-20-29)45-39(55)41(42,43)44/h17-20,23-25,27,30-34H,12-16,21-22H2,1-11H3,(H,45,55)(H,46,52)(H,47,51)/b26-23+/t27-,30+,31+,32-,33-,34-/m1/s1. The molecule has 2 aliphatic rings. The number of carbonyl (C=O) groups excluding carboxylic acids is 5. The van der Waals surface area contributed by atoms with E-state index in [-0.39, 0.29) is 41.4 Å². The lowest BCUT2D eigenvalue weighted by Crippen LogP contribution is -2.60. The van der Waals surface area contributed by atoms with Gasteiger partial charge in [0.25, 0.3) is 10.0 Å². The molecule has 332 valence electrons. The number of methoxy groups -OCH3 is 1. The predicted octanol–water partition coefficient (Wildman–Crippen LogP) is 4.86. The number of anilines is 1. The molecular formula is C41H63F3N6O8S. The SMILES string of the molecule is CO[C@H]([C@@H](C)C(=O)NS(=O)(=O)c1ccc(NC(=O)C(F)(F)F)cc1)[C@@H]1CCCN1C(=O)/C(C)=C/[C@H](C(C)C)N(C)C(=O)[C@@H](NC(=O)[C@@H]1CCCCN1C(C)C)C(C)(C)C. The highest BCUT2D eigenvalue weighted by Crippen LogP contribution is 2.30. The molecule has 2 heterocycles. The lowest BCUT2D eigenvalue weighted by Gasteiger charge is -2.41. The molecule has 2 fully saturated rings. The minimum Gasteiger partial charge on any atom is -0.378 e. The van der Waals surface area contributed by atoms with E-state index in [0.29, 0.717) is 31.4 Å². The average molecular weight is 857 g/mol. The Morgan fingerprint density at radius 3 is 2.07 bits per heavy atom. The lowest BCUT2D eigenvalue weighted by atomic mass is 9.84. The predicted molar refractivity (Wildman–Crippen MR) is 217 cm³/mol. The molecule has 0 aliphatic carbocycles. The van der Waals surface area contributed by atoms with E-state index in [0.717, 1.165) is 43.7 Å². The highest BCUT2D eigenvalue weighted by atomic mass is 32.2. The van der Waals surface area contributed by atoms with Crippen LogP contribution >= 0.6 is 0 Å². The molecule has 0 bridgehead atoms. The number of nitrogens with zero attached hydrogens (tertiary/aromatic N) is 3. The van der Waals surface area contributed by atoms with E-state index in [1.807, 2.05) is 39.3 Å². The molecule has 5 amide bonds. The van der Waals surface area contributed by atoms with Crippen molar-refractivity contribution >= 4 is 45.2 Å². The van der Waals surface area contributed by atoms with Crippen molar-refractivity contribution in [2.75, 3.05) is 32.6 Å². The Kier molecular flexibility index (Phi) is 16.7. The zero-order valence-corrected chi connectivity index (χ0v) is 36.9. The van der Waals surface area contributed by atoms with Gasteiger partial charge >= 0.3 is 12.1 Å². The Labute approximate surface area is 347 Å². The van der Waals surface area contributed by atoms with Crippen LogP contribution in [0.1, 0.15) is 94.4 Å². The quantitative estimate of drug-likeness (QED) is 0.208. The first-order chi connectivity index (χ1) is 27.2. The number of hydrogen-bond acceptors (Lipinski definition) is 9. The molecule has 1 aromatic rings. The van der Waals surface area contributed by atoms with Crippen LogP contribution in [0.15, 0.2) is 40.8 Å². The van der Waals surface area contributed by atoms with Crippen LogP contribution in [0.3, 0.4) is 0 Å². The molecule has 18 heteroatoms. The van der Waals surface area contributed by atoms with Crippen molar-refractivity contribution in [3.63, 3.8) is 0 Å². The summed E-state index contributed by atoms with van der Waals surface area (Å²) in [6.45, 7) is 18.0. The van der Waals surface area contributed by atoms with Crippen LogP contribution in [0.25, 0.3) is 0 Å². The van der Waals surface area contributed by atoms with Crippen LogP contribution in [-0.2, 0) is 38.7 Å². The summed E-state index contributed by atoms with van der Waals surface area (Å²) in [5.41, 5.74) is -0.576. The van der Waals surface area contributed by atoms with E-state index >= 15 is 0 Å². The smallest absolute Gasteiger partial charge is 0.378 e. The van der Waals surface area contributed by atoms with Crippen molar-refractivity contribution in [3.05, 3.63) is 35.9 Å². The van der Waals surface area contributed by atoms with Crippen molar-refractivity contribution in [2.45, 2.75) is 142 Å². The first-order valence-corrected chi connectivity index (χ1v) is 21.6. The normalized spacial score (nSPS) is 20.5.